The fourth-order valence-corrected chi connectivity index (χ4v) is 9.39. The van der Waals surface area contributed by atoms with Gasteiger partial charge >= 0.3 is 0 Å². The lowest BCUT2D eigenvalue weighted by molar-refractivity contribution is -0.0192. The molecule has 5 rings (SSSR count). The molecule has 1 unspecified atom stereocenters. The molecule has 0 aromatic heterocycles. The van der Waals surface area contributed by atoms with Crippen molar-refractivity contribution in [3.8, 4) is 0 Å². The molecule has 1 saturated heterocycles. The van der Waals surface area contributed by atoms with Gasteiger partial charge in [0.25, 0.3) is 0 Å². The van der Waals surface area contributed by atoms with E-state index in [1.54, 1.807) is 0 Å². The summed E-state index contributed by atoms with van der Waals surface area (Å²) in [6, 6.07) is 44.1. The van der Waals surface area contributed by atoms with Gasteiger partial charge in [-0.05, 0) is 42.0 Å². The molecule has 1 heterocycles. The van der Waals surface area contributed by atoms with Gasteiger partial charge in [0, 0.05) is 19.6 Å². The molecule has 0 bridgehead atoms. The van der Waals surface area contributed by atoms with Crippen LogP contribution >= 0.6 is 7.26 Å². The van der Waals surface area contributed by atoms with Crippen LogP contribution < -0.4 is 15.9 Å². The Morgan fingerprint density at radius 2 is 1.09 bits per heavy atom. The van der Waals surface area contributed by atoms with Crippen LogP contribution in [0.25, 0.3) is 0 Å². The molecular weight excluding hydrogens is 421 g/mol. The van der Waals surface area contributed by atoms with E-state index in [2.05, 4.69) is 126 Å². The highest BCUT2D eigenvalue weighted by molar-refractivity contribution is 7.95. The standard InChI is InChI=1S/C30H31NOP/c1-5-13-26(14-6-1)23-31-21-22-32-27(24-31)25-33(28-15-7-2-8-16-28,29-17-9-3-10-18-29)30-19-11-4-12-20-30/h1-20,27H,21-25H2/q+1. The van der Waals surface area contributed by atoms with Gasteiger partial charge in [-0.2, -0.15) is 0 Å². The molecule has 0 spiro atoms. The van der Waals surface area contributed by atoms with E-state index >= 15 is 0 Å². The minimum atomic E-state index is -1.88. The summed E-state index contributed by atoms with van der Waals surface area (Å²) in [5, 5.41) is 4.27. The molecule has 1 atom stereocenters. The van der Waals surface area contributed by atoms with Crippen LogP contribution in [0.5, 0.6) is 0 Å². The molecule has 0 radical (unpaired) electrons. The van der Waals surface area contributed by atoms with Gasteiger partial charge in [0.05, 0.1) is 6.61 Å². The van der Waals surface area contributed by atoms with E-state index in [1.807, 2.05) is 0 Å². The van der Waals surface area contributed by atoms with E-state index < -0.39 is 7.26 Å². The molecule has 4 aromatic carbocycles. The van der Waals surface area contributed by atoms with Crippen LogP contribution in [-0.2, 0) is 11.3 Å². The molecule has 0 saturated carbocycles. The maximum Gasteiger partial charge on any atom is 0.114 e. The lowest BCUT2D eigenvalue weighted by Crippen LogP contribution is -2.47. The van der Waals surface area contributed by atoms with Crippen molar-refractivity contribution >= 4 is 23.2 Å². The van der Waals surface area contributed by atoms with Crippen LogP contribution in [0.2, 0.25) is 0 Å². The molecular formula is C30H31NOP+. The third-order valence-corrected chi connectivity index (χ3v) is 11.0. The van der Waals surface area contributed by atoms with E-state index in [9.17, 15) is 0 Å². The fraction of sp³-hybridized carbons (Fsp3) is 0.200. The first-order valence-corrected chi connectivity index (χ1v) is 13.7. The molecule has 3 heteroatoms. The van der Waals surface area contributed by atoms with Crippen molar-refractivity contribution in [3.63, 3.8) is 0 Å². The lowest BCUT2D eigenvalue weighted by atomic mass is 10.2. The zero-order valence-corrected chi connectivity index (χ0v) is 19.9. The van der Waals surface area contributed by atoms with Gasteiger partial charge in [-0.25, -0.2) is 0 Å². The molecule has 2 nitrogen and oxygen atoms in total. The summed E-state index contributed by atoms with van der Waals surface area (Å²) in [5.41, 5.74) is 1.37. The summed E-state index contributed by atoms with van der Waals surface area (Å²) in [7, 11) is -1.88. The van der Waals surface area contributed by atoms with Crippen molar-refractivity contribution in [2.45, 2.75) is 12.6 Å². The number of rotatable bonds is 7. The zero-order chi connectivity index (χ0) is 22.3. The van der Waals surface area contributed by atoms with Gasteiger partial charge in [-0.15, -0.1) is 0 Å². The Kier molecular flexibility index (Phi) is 6.98. The Morgan fingerprint density at radius 1 is 0.636 bits per heavy atom. The quantitative estimate of drug-likeness (QED) is 0.371. The van der Waals surface area contributed by atoms with Gasteiger partial charge in [-0.1, -0.05) is 84.9 Å². The van der Waals surface area contributed by atoms with E-state index in [0.29, 0.717) is 0 Å². The number of nitrogens with zero attached hydrogens (tertiary/aromatic N) is 1. The van der Waals surface area contributed by atoms with Crippen molar-refractivity contribution in [1.29, 1.82) is 0 Å². The van der Waals surface area contributed by atoms with Gasteiger partial charge < -0.3 is 4.74 Å². The largest absolute Gasteiger partial charge is 0.372 e. The second-order valence-electron chi connectivity index (χ2n) is 8.71. The molecule has 166 valence electrons. The molecule has 1 aliphatic heterocycles. The molecule has 1 fully saturated rings. The third-order valence-electron chi connectivity index (χ3n) is 6.54. The highest BCUT2D eigenvalue weighted by Gasteiger charge is 2.48. The first-order valence-electron chi connectivity index (χ1n) is 11.8. The minimum absolute atomic E-state index is 0.191. The number of benzene rings is 4. The molecule has 0 amide bonds. The topological polar surface area (TPSA) is 12.5 Å². The number of morpholine rings is 1. The average molecular weight is 453 g/mol. The second-order valence-corrected chi connectivity index (χ2v) is 12.2. The number of ether oxygens (including phenoxy) is 1. The van der Waals surface area contributed by atoms with Crippen molar-refractivity contribution in [1.82, 2.24) is 4.90 Å². The molecule has 1 aliphatic rings. The maximum atomic E-state index is 6.45. The molecule has 4 aromatic rings. The Morgan fingerprint density at radius 3 is 1.58 bits per heavy atom. The van der Waals surface area contributed by atoms with Crippen molar-refractivity contribution in [3.05, 3.63) is 127 Å². The lowest BCUT2D eigenvalue weighted by Gasteiger charge is -2.36. The predicted molar refractivity (Wildman–Crippen MR) is 141 cm³/mol. The first kappa shape index (κ1) is 22.0. The molecule has 33 heavy (non-hydrogen) atoms. The summed E-state index contributed by atoms with van der Waals surface area (Å²) in [4.78, 5) is 2.55. The van der Waals surface area contributed by atoms with E-state index in [-0.39, 0.29) is 6.10 Å². The third kappa shape index (κ3) is 4.94. The van der Waals surface area contributed by atoms with Crippen molar-refractivity contribution < 1.29 is 4.74 Å². The van der Waals surface area contributed by atoms with Crippen LogP contribution in [0.1, 0.15) is 5.56 Å². The van der Waals surface area contributed by atoms with Gasteiger partial charge in [0.15, 0.2) is 0 Å². The van der Waals surface area contributed by atoms with Gasteiger partial charge in [0.2, 0.25) is 0 Å². The second kappa shape index (κ2) is 10.4. The average Bonchev–Trinajstić information content (AvgIpc) is 2.90. The highest BCUT2D eigenvalue weighted by atomic mass is 31.2. The number of hydrogen-bond acceptors (Lipinski definition) is 2. The van der Waals surface area contributed by atoms with Crippen LogP contribution in [-0.4, -0.2) is 36.9 Å². The van der Waals surface area contributed by atoms with E-state index in [0.717, 1.165) is 32.4 Å². The van der Waals surface area contributed by atoms with Crippen LogP contribution in [0.15, 0.2) is 121 Å². The van der Waals surface area contributed by atoms with E-state index in [1.165, 1.54) is 21.5 Å². The fourth-order valence-electron chi connectivity index (χ4n) is 4.99. The Bertz CT molecular complexity index is 1020. The van der Waals surface area contributed by atoms with Crippen LogP contribution in [0.4, 0.5) is 0 Å². The summed E-state index contributed by atoms with van der Waals surface area (Å²) in [6.45, 7) is 3.71. The Hall–Kier alpha value is -2.77. The van der Waals surface area contributed by atoms with Gasteiger partial charge in [0.1, 0.15) is 35.4 Å². The molecule has 0 aliphatic carbocycles. The molecule has 0 N–H and O–H groups in total. The first-order chi connectivity index (χ1) is 16.3. The summed E-state index contributed by atoms with van der Waals surface area (Å²) < 4.78 is 6.45. The van der Waals surface area contributed by atoms with Gasteiger partial charge in [-0.3, -0.25) is 4.90 Å². The van der Waals surface area contributed by atoms with Crippen LogP contribution in [0.3, 0.4) is 0 Å². The smallest absolute Gasteiger partial charge is 0.114 e. The van der Waals surface area contributed by atoms with Crippen molar-refractivity contribution in [2.24, 2.45) is 0 Å². The predicted octanol–water partition coefficient (Wildman–Crippen LogP) is 4.88. The highest BCUT2D eigenvalue weighted by Crippen LogP contribution is 2.56. The monoisotopic (exact) mass is 452 g/mol. The zero-order valence-electron chi connectivity index (χ0n) is 19.0. The maximum absolute atomic E-state index is 6.45. The van der Waals surface area contributed by atoms with E-state index in [4.69, 9.17) is 4.74 Å². The van der Waals surface area contributed by atoms with Crippen LogP contribution in [0, 0.1) is 0 Å². The summed E-state index contributed by atoms with van der Waals surface area (Å²) >= 11 is 0. The Balaban J connectivity index is 1.52. The van der Waals surface area contributed by atoms with Crippen molar-refractivity contribution in [2.75, 3.05) is 25.9 Å². The number of hydrogen-bond donors (Lipinski definition) is 0. The Labute approximate surface area is 198 Å². The summed E-state index contributed by atoms with van der Waals surface area (Å²) in [5.74, 6) is 0. The minimum Gasteiger partial charge on any atom is -0.372 e. The SMILES string of the molecule is c1ccc(CN2CCOC(C[P+](c3ccccc3)(c3ccccc3)c3ccccc3)C2)cc1. The summed E-state index contributed by atoms with van der Waals surface area (Å²) in [6.07, 6.45) is 1.20. The normalized spacial score (nSPS) is 17.0.